The van der Waals surface area contributed by atoms with Crippen LogP contribution in [0.2, 0.25) is 0 Å². The zero-order chi connectivity index (χ0) is 21.6. The number of halogens is 1. The fourth-order valence-electron chi connectivity index (χ4n) is 3.35. The summed E-state index contributed by atoms with van der Waals surface area (Å²) in [6.45, 7) is 2.88. The number of benzene rings is 2. The van der Waals surface area contributed by atoms with Crippen molar-refractivity contribution in [2.45, 2.75) is 18.4 Å². The lowest BCUT2D eigenvalue weighted by molar-refractivity contribution is 0.171. The predicted octanol–water partition coefficient (Wildman–Crippen LogP) is 3.76. The molecular weight excluding hydrogens is 441 g/mol. The van der Waals surface area contributed by atoms with Gasteiger partial charge in [-0.15, -0.1) is 0 Å². The van der Waals surface area contributed by atoms with Crippen LogP contribution >= 0.6 is 11.3 Å². The van der Waals surface area contributed by atoms with E-state index < -0.39 is 10.0 Å². The van der Waals surface area contributed by atoms with Crippen LogP contribution in [0.4, 0.5) is 4.39 Å². The van der Waals surface area contributed by atoms with E-state index in [0.717, 1.165) is 26.8 Å². The Hall–Kier alpha value is -2.95. The number of fused-ring (bicyclic) bond motifs is 2. The molecule has 5 rings (SSSR count). The SMILES string of the molecule is Cc1c(CNS(=O)(=O)c2ccc3c(c2)OCCO3)sc2nc(-c3ccc(F)cc3)cn12. The molecule has 0 spiro atoms. The van der Waals surface area contributed by atoms with Crippen molar-refractivity contribution in [3.05, 3.63) is 65.0 Å². The highest BCUT2D eigenvalue weighted by atomic mass is 32.2. The van der Waals surface area contributed by atoms with E-state index >= 15 is 0 Å². The first kappa shape index (κ1) is 20.0. The number of rotatable bonds is 5. The minimum atomic E-state index is -3.73. The molecule has 3 heterocycles. The van der Waals surface area contributed by atoms with Crippen molar-refractivity contribution in [2.75, 3.05) is 13.2 Å². The van der Waals surface area contributed by atoms with Crippen LogP contribution in [-0.4, -0.2) is 31.0 Å². The molecule has 1 aliphatic heterocycles. The number of sulfonamides is 1. The quantitative estimate of drug-likeness (QED) is 0.492. The third-order valence-corrected chi connectivity index (χ3v) is 7.60. The summed E-state index contributed by atoms with van der Waals surface area (Å²) in [5, 5.41) is 0. The van der Waals surface area contributed by atoms with E-state index in [4.69, 9.17) is 9.47 Å². The Morgan fingerprint density at radius 2 is 1.87 bits per heavy atom. The summed E-state index contributed by atoms with van der Waals surface area (Å²) in [4.78, 5) is 6.31. The molecule has 2 aromatic heterocycles. The van der Waals surface area contributed by atoms with Gasteiger partial charge in [0.15, 0.2) is 16.5 Å². The van der Waals surface area contributed by atoms with Crippen LogP contribution in [0.3, 0.4) is 0 Å². The number of thiazole rings is 1. The van der Waals surface area contributed by atoms with Crippen molar-refractivity contribution in [1.82, 2.24) is 14.1 Å². The Morgan fingerprint density at radius 3 is 2.61 bits per heavy atom. The number of nitrogens with zero attached hydrogens (tertiary/aromatic N) is 2. The van der Waals surface area contributed by atoms with Crippen molar-refractivity contribution in [3.8, 4) is 22.8 Å². The molecule has 4 aromatic rings. The minimum absolute atomic E-state index is 0.120. The Kier molecular flexibility index (Phi) is 4.92. The second-order valence-corrected chi connectivity index (χ2v) is 9.86. The predicted molar refractivity (Wildman–Crippen MR) is 115 cm³/mol. The Balaban J connectivity index is 1.36. The van der Waals surface area contributed by atoms with Gasteiger partial charge in [-0.05, 0) is 43.3 Å². The molecule has 2 aromatic carbocycles. The maximum Gasteiger partial charge on any atom is 0.241 e. The lowest BCUT2D eigenvalue weighted by atomic mass is 10.2. The number of imidazole rings is 1. The molecule has 0 saturated carbocycles. The van der Waals surface area contributed by atoms with Crippen LogP contribution in [0, 0.1) is 12.7 Å². The maximum atomic E-state index is 13.2. The molecule has 0 unspecified atom stereocenters. The first-order valence-corrected chi connectivity index (χ1v) is 11.8. The molecule has 1 aliphatic rings. The summed E-state index contributed by atoms with van der Waals surface area (Å²) >= 11 is 1.41. The van der Waals surface area contributed by atoms with Gasteiger partial charge in [0.05, 0.1) is 10.6 Å². The standard InChI is InChI=1S/C21H18FN3O4S2/c1-13-20(30-21-24-17(12-25(13)21)14-2-4-15(22)5-3-14)11-23-31(26,27)16-6-7-18-19(10-16)29-9-8-28-18/h2-7,10,12,23H,8-9,11H2,1H3. The third-order valence-electron chi connectivity index (χ3n) is 5.04. The molecular formula is C21H18FN3O4S2. The van der Waals surface area contributed by atoms with Crippen LogP contribution in [0.25, 0.3) is 16.2 Å². The minimum Gasteiger partial charge on any atom is -0.486 e. The topological polar surface area (TPSA) is 81.9 Å². The number of aryl methyl sites for hydroxylation is 1. The zero-order valence-corrected chi connectivity index (χ0v) is 18.1. The molecule has 0 saturated heterocycles. The number of hydrogen-bond acceptors (Lipinski definition) is 6. The van der Waals surface area contributed by atoms with Crippen molar-refractivity contribution < 1.29 is 22.3 Å². The van der Waals surface area contributed by atoms with Gasteiger partial charge in [0.1, 0.15) is 19.0 Å². The van der Waals surface area contributed by atoms with Gasteiger partial charge in [-0.25, -0.2) is 22.5 Å². The largest absolute Gasteiger partial charge is 0.486 e. The highest BCUT2D eigenvalue weighted by Crippen LogP contribution is 2.32. The van der Waals surface area contributed by atoms with Gasteiger partial charge < -0.3 is 9.47 Å². The molecule has 0 radical (unpaired) electrons. The van der Waals surface area contributed by atoms with E-state index in [0.29, 0.717) is 24.7 Å². The molecule has 0 amide bonds. The molecule has 0 bridgehead atoms. The van der Waals surface area contributed by atoms with Gasteiger partial charge in [0.25, 0.3) is 0 Å². The second-order valence-electron chi connectivity index (χ2n) is 7.03. The van der Waals surface area contributed by atoms with E-state index in [1.165, 1.54) is 35.6 Å². The summed E-state index contributed by atoms with van der Waals surface area (Å²) in [6.07, 6.45) is 1.87. The zero-order valence-electron chi connectivity index (χ0n) is 16.5. The summed E-state index contributed by atoms with van der Waals surface area (Å²) in [6, 6.07) is 10.7. The number of nitrogens with one attached hydrogen (secondary N) is 1. The fraction of sp³-hybridized carbons (Fsp3) is 0.190. The maximum absolute atomic E-state index is 13.2. The highest BCUT2D eigenvalue weighted by Gasteiger charge is 2.21. The Morgan fingerprint density at radius 1 is 1.13 bits per heavy atom. The van der Waals surface area contributed by atoms with Crippen LogP contribution in [0.5, 0.6) is 11.5 Å². The van der Waals surface area contributed by atoms with Gasteiger partial charge in [-0.3, -0.25) is 4.40 Å². The highest BCUT2D eigenvalue weighted by molar-refractivity contribution is 7.89. The van der Waals surface area contributed by atoms with E-state index in [1.807, 2.05) is 17.5 Å². The Bertz CT molecular complexity index is 1380. The van der Waals surface area contributed by atoms with Crippen molar-refractivity contribution in [1.29, 1.82) is 0 Å². The molecule has 0 aliphatic carbocycles. The van der Waals surface area contributed by atoms with Gasteiger partial charge in [-0.1, -0.05) is 11.3 Å². The third kappa shape index (κ3) is 3.78. The summed E-state index contributed by atoms with van der Waals surface area (Å²) in [5.41, 5.74) is 2.45. The fourth-order valence-corrected chi connectivity index (χ4v) is 5.50. The van der Waals surface area contributed by atoms with Crippen molar-refractivity contribution in [3.63, 3.8) is 0 Å². The number of aromatic nitrogens is 2. The average Bonchev–Trinajstić information content (AvgIpc) is 3.32. The van der Waals surface area contributed by atoms with Crippen LogP contribution < -0.4 is 14.2 Å². The molecule has 7 nitrogen and oxygen atoms in total. The molecule has 31 heavy (non-hydrogen) atoms. The lowest BCUT2D eigenvalue weighted by Crippen LogP contribution is -2.23. The Labute approximate surface area is 182 Å². The molecule has 160 valence electrons. The molecule has 1 N–H and O–H groups in total. The summed E-state index contributed by atoms with van der Waals surface area (Å²) < 4.78 is 54.2. The molecule has 0 atom stereocenters. The molecule has 0 fully saturated rings. The van der Waals surface area contributed by atoms with E-state index in [9.17, 15) is 12.8 Å². The monoisotopic (exact) mass is 459 g/mol. The van der Waals surface area contributed by atoms with E-state index in [1.54, 1.807) is 18.2 Å². The molecule has 10 heteroatoms. The first-order chi connectivity index (χ1) is 14.9. The normalized spacial score (nSPS) is 13.6. The van der Waals surface area contributed by atoms with Gasteiger partial charge in [-0.2, -0.15) is 0 Å². The summed E-state index contributed by atoms with van der Waals surface area (Å²) in [5.74, 6) is 0.666. The smallest absolute Gasteiger partial charge is 0.241 e. The van der Waals surface area contributed by atoms with Gasteiger partial charge in [0.2, 0.25) is 10.0 Å². The van der Waals surface area contributed by atoms with Crippen LogP contribution in [0.15, 0.2) is 53.6 Å². The van der Waals surface area contributed by atoms with Crippen LogP contribution in [0.1, 0.15) is 10.6 Å². The first-order valence-electron chi connectivity index (χ1n) is 9.53. The van der Waals surface area contributed by atoms with Gasteiger partial charge >= 0.3 is 0 Å². The average molecular weight is 460 g/mol. The van der Waals surface area contributed by atoms with E-state index in [-0.39, 0.29) is 17.3 Å². The van der Waals surface area contributed by atoms with E-state index in [2.05, 4.69) is 9.71 Å². The van der Waals surface area contributed by atoms with Gasteiger partial charge in [0, 0.05) is 34.9 Å². The summed E-state index contributed by atoms with van der Waals surface area (Å²) in [7, 11) is -3.73. The lowest BCUT2D eigenvalue weighted by Gasteiger charge is -2.18. The number of hydrogen-bond donors (Lipinski definition) is 1. The number of ether oxygens (including phenoxy) is 2. The second kappa shape index (κ2) is 7.63. The van der Waals surface area contributed by atoms with Crippen LogP contribution in [-0.2, 0) is 16.6 Å². The van der Waals surface area contributed by atoms with Crippen molar-refractivity contribution >= 4 is 26.3 Å². The van der Waals surface area contributed by atoms with Crippen molar-refractivity contribution in [2.24, 2.45) is 0 Å².